The van der Waals surface area contributed by atoms with E-state index in [0.717, 1.165) is 12.1 Å². The maximum absolute atomic E-state index is 14.5. The van der Waals surface area contributed by atoms with Crippen LogP contribution in [0.3, 0.4) is 0 Å². The van der Waals surface area contributed by atoms with Crippen molar-refractivity contribution >= 4 is 75.5 Å². The number of alkyl halides is 5. The van der Waals surface area contributed by atoms with Crippen molar-refractivity contribution in [3.8, 4) is 0 Å². The molecule has 5 nitrogen and oxygen atoms in total. The number of hydrogen-bond acceptors (Lipinski definition) is 4. The molecule has 200 valence electrons. The zero-order valence-corrected chi connectivity index (χ0v) is 22.0. The zero-order chi connectivity index (χ0) is 27.7. The van der Waals surface area contributed by atoms with Gasteiger partial charge >= 0.3 is 12.2 Å². The third-order valence-corrected chi connectivity index (χ3v) is 8.12. The van der Waals surface area contributed by atoms with E-state index < -0.39 is 36.3 Å². The third kappa shape index (κ3) is 5.70. The SMILES string of the molecule is O=C(NCC(F)F)N/N=C/c1ccc(C2=NSC(c3cc(Cl)c(Cl)c(Cl)c3)(C(F)(F)F)C2)c2ccccc12. The van der Waals surface area contributed by atoms with Gasteiger partial charge in [-0.15, -0.1) is 0 Å². The largest absolute Gasteiger partial charge is 0.409 e. The number of nitrogens with one attached hydrogen (secondary N) is 2. The van der Waals surface area contributed by atoms with Gasteiger partial charge in [-0.2, -0.15) is 18.3 Å². The molecule has 1 heterocycles. The Labute approximate surface area is 232 Å². The number of hydrogen-bond donors (Lipinski definition) is 2. The van der Waals surface area contributed by atoms with Crippen LogP contribution in [0.5, 0.6) is 0 Å². The Morgan fingerprint density at radius 1 is 1.11 bits per heavy atom. The maximum Gasteiger partial charge on any atom is 0.409 e. The van der Waals surface area contributed by atoms with Gasteiger partial charge in [0.25, 0.3) is 6.43 Å². The minimum Gasteiger partial charge on any atom is -0.331 e. The topological polar surface area (TPSA) is 65.8 Å². The van der Waals surface area contributed by atoms with Crippen LogP contribution in [0.4, 0.5) is 26.7 Å². The lowest BCUT2D eigenvalue weighted by Gasteiger charge is -2.30. The first-order valence-electron chi connectivity index (χ1n) is 10.8. The molecule has 4 rings (SSSR count). The molecule has 0 aliphatic carbocycles. The highest BCUT2D eigenvalue weighted by Gasteiger charge is 2.60. The van der Waals surface area contributed by atoms with Gasteiger partial charge in [-0.3, -0.25) is 0 Å². The second-order valence-corrected chi connectivity index (χ2v) is 10.4. The molecule has 3 aromatic carbocycles. The fourth-order valence-corrected chi connectivity index (χ4v) is 5.45. The van der Waals surface area contributed by atoms with Crippen LogP contribution in [-0.2, 0) is 4.75 Å². The average Bonchev–Trinajstić information content (AvgIpc) is 3.32. The molecule has 1 unspecified atom stereocenters. The van der Waals surface area contributed by atoms with E-state index in [9.17, 15) is 26.7 Å². The molecule has 2 N–H and O–H groups in total. The third-order valence-electron chi connectivity index (χ3n) is 5.69. The standard InChI is InChI=1S/C24H16Cl3F5N4OS/c25-17-7-13(8-18(26)21(17)27)23(24(30,31)32)9-19(36-38-23)16-6-5-12(14-3-1-2-4-15(14)16)10-34-35-22(37)33-11-20(28)29/h1-8,10,20H,9,11H2,(H2,33,35,37)/b34-10+. The van der Waals surface area contributed by atoms with Gasteiger partial charge in [0.2, 0.25) is 0 Å². The Kier molecular flexibility index (Phi) is 8.41. The van der Waals surface area contributed by atoms with Crippen molar-refractivity contribution in [2.45, 2.75) is 23.8 Å². The van der Waals surface area contributed by atoms with Crippen molar-refractivity contribution in [3.05, 3.63) is 80.3 Å². The lowest BCUT2D eigenvalue weighted by molar-refractivity contribution is -0.159. The second kappa shape index (κ2) is 11.3. The van der Waals surface area contributed by atoms with Gasteiger partial charge in [0, 0.05) is 17.5 Å². The first kappa shape index (κ1) is 28.4. The molecule has 0 bridgehead atoms. The van der Waals surface area contributed by atoms with Crippen LogP contribution in [0.15, 0.2) is 58.0 Å². The number of fused-ring (bicyclic) bond motifs is 1. The summed E-state index contributed by atoms with van der Waals surface area (Å²) >= 11 is 18.4. The minimum absolute atomic E-state index is 0.0391. The average molecular weight is 610 g/mol. The molecule has 1 atom stereocenters. The van der Waals surface area contributed by atoms with Gasteiger partial charge in [-0.05, 0) is 40.4 Å². The highest BCUT2D eigenvalue weighted by molar-refractivity contribution is 7.99. The lowest BCUT2D eigenvalue weighted by Crippen LogP contribution is -2.38. The quantitative estimate of drug-likeness (QED) is 0.0978. The Bertz CT molecular complexity index is 1430. The summed E-state index contributed by atoms with van der Waals surface area (Å²) in [6.45, 7) is -0.826. The molecule has 14 heteroatoms. The monoisotopic (exact) mass is 608 g/mol. The molecule has 3 aromatic rings. The normalized spacial score (nSPS) is 17.9. The fraction of sp³-hybridized carbons (Fsp3) is 0.208. The van der Waals surface area contributed by atoms with Crippen LogP contribution in [0.2, 0.25) is 15.1 Å². The number of halogens is 8. The molecule has 1 aliphatic rings. The Balaban J connectivity index is 1.66. The van der Waals surface area contributed by atoms with Crippen molar-refractivity contribution in [2.24, 2.45) is 9.50 Å². The van der Waals surface area contributed by atoms with E-state index in [2.05, 4.69) is 14.9 Å². The Hall–Kier alpha value is -2.60. The number of benzene rings is 3. The summed E-state index contributed by atoms with van der Waals surface area (Å²) in [5, 5.41) is 6.70. The summed E-state index contributed by atoms with van der Waals surface area (Å²) < 4.78 is 69.8. The van der Waals surface area contributed by atoms with E-state index in [1.807, 2.05) is 5.32 Å². The summed E-state index contributed by atoms with van der Waals surface area (Å²) in [6, 6.07) is 11.5. The van der Waals surface area contributed by atoms with Gasteiger partial charge in [-0.1, -0.05) is 71.2 Å². The number of hydrazone groups is 1. The molecular formula is C24H16Cl3F5N4OS. The van der Waals surface area contributed by atoms with Gasteiger partial charge in [0.1, 0.15) is 0 Å². The lowest BCUT2D eigenvalue weighted by atomic mass is 9.87. The highest BCUT2D eigenvalue weighted by Crippen LogP contribution is 2.57. The van der Waals surface area contributed by atoms with Crippen LogP contribution < -0.4 is 10.7 Å². The van der Waals surface area contributed by atoms with Crippen molar-refractivity contribution in [1.82, 2.24) is 10.7 Å². The zero-order valence-electron chi connectivity index (χ0n) is 18.9. The predicted molar refractivity (Wildman–Crippen MR) is 142 cm³/mol. The van der Waals surface area contributed by atoms with E-state index in [1.54, 1.807) is 36.4 Å². The van der Waals surface area contributed by atoms with Gasteiger partial charge in [0.05, 0.1) is 33.5 Å². The van der Waals surface area contributed by atoms with Crippen LogP contribution in [0.1, 0.15) is 23.1 Å². The molecule has 0 radical (unpaired) electrons. The van der Waals surface area contributed by atoms with Crippen molar-refractivity contribution < 1.29 is 26.7 Å². The predicted octanol–water partition coefficient (Wildman–Crippen LogP) is 8.00. The number of carbonyl (C=O) groups is 1. The van der Waals surface area contributed by atoms with Crippen molar-refractivity contribution in [1.29, 1.82) is 0 Å². The van der Waals surface area contributed by atoms with Crippen LogP contribution in [0.25, 0.3) is 10.8 Å². The Morgan fingerprint density at radius 2 is 1.76 bits per heavy atom. The van der Waals surface area contributed by atoms with Crippen molar-refractivity contribution in [2.75, 3.05) is 6.54 Å². The van der Waals surface area contributed by atoms with Crippen LogP contribution in [0, 0.1) is 0 Å². The molecule has 0 aromatic heterocycles. The maximum atomic E-state index is 14.5. The van der Waals surface area contributed by atoms with Crippen LogP contribution >= 0.6 is 46.8 Å². The molecule has 2 amide bonds. The molecule has 0 saturated heterocycles. The second-order valence-electron chi connectivity index (χ2n) is 8.10. The number of rotatable bonds is 6. The summed E-state index contributed by atoms with van der Waals surface area (Å²) in [5.74, 6) is 0. The Morgan fingerprint density at radius 3 is 2.39 bits per heavy atom. The number of nitrogens with zero attached hydrogens (tertiary/aromatic N) is 2. The van der Waals surface area contributed by atoms with E-state index >= 15 is 0 Å². The molecule has 0 fully saturated rings. The molecule has 1 aliphatic heterocycles. The number of amides is 2. The highest BCUT2D eigenvalue weighted by atomic mass is 35.5. The number of carbonyl (C=O) groups excluding carboxylic acids is 1. The first-order valence-corrected chi connectivity index (χ1v) is 12.7. The minimum atomic E-state index is -4.71. The van der Waals surface area contributed by atoms with Gasteiger partial charge < -0.3 is 5.32 Å². The number of urea groups is 1. The molecule has 0 spiro atoms. The summed E-state index contributed by atoms with van der Waals surface area (Å²) in [7, 11) is 0. The van der Waals surface area contributed by atoms with Crippen LogP contribution in [-0.4, -0.2) is 37.1 Å². The van der Waals surface area contributed by atoms with Crippen molar-refractivity contribution in [3.63, 3.8) is 0 Å². The van der Waals surface area contributed by atoms with E-state index in [0.29, 0.717) is 33.8 Å². The van der Waals surface area contributed by atoms with Gasteiger partial charge in [-0.25, -0.2) is 23.4 Å². The van der Waals surface area contributed by atoms with E-state index in [1.165, 1.54) is 6.21 Å². The first-order chi connectivity index (χ1) is 17.9. The fourth-order valence-electron chi connectivity index (χ4n) is 3.89. The summed E-state index contributed by atoms with van der Waals surface area (Å²) in [4.78, 5) is 11.5. The molecule has 38 heavy (non-hydrogen) atoms. The smallest absolute Gasteiger partial charge is 0.331 e. The molecule has 0 saturated carbocycles. The summed E-state index contributed by atoms with van der Waals surface area (Å²) in [6.07, 6.45) is -6.60. The van der Waals surface area contributed by atoms with E-state index in [4.69, 9.17) is 34.8 Å². The van der Waals surface area contributed by atoms with Gasteiger partial charge in [0.15, 0.2) is 4.75 Å². The van der Waals surface area contributed by atoms with E-state index in [-0.39, 0.29) is 26.3 Å². The summed E-state index contributed by atoms with van der Waals surface area (Å²) in [5.41, 5.74) is 3.13. The molecular weight excluding hydrogens is 594 g/mol.